The van der Waals surface area contributed by atoms with E-state index in [0.29, 0.717) is 25.3 Å². The van der Waals surface area contributed by atoms with Crippen molar-refractivity contribution in [2.75, 3.05) is 25.1 Å². The molecule has 0 aromatic heterocycles. The van der Waals surface area contributed by atoms with Crippen LogP contribution in [0.2, 0.25) is 0 Å². The third-order valence-electron chi connectivity index (χ3n) is 5.14. The number of carbonyl (C=O) groups is 2. The minimum absolute atomic E-state index is 0.00373. The topological polar surface area (TPSA) is 84.7 Å². The minimum Gasteiger partial charge on any atom is -0.497 e. The standard InChI is InChI=1S/C18H25N3O3/c1-24-15-6-3-5-14(9-15)21-11-13(8-17(21)22)20-18(23)16-7-2-4-12(16)10-19/h3,5-6,9,12-13,16H,2,4,7-8,10-11,19H2,1H3,(H,20,23)/t12-,13?,16-/m1/s1. The quantitative estimate of drug-likeness (QED) is 0.851. The van der Waals surface area contributed by atoms with Crippen molar-refractivity contribution in [2.45, 2.75) is 31.7 Å². The summed E-state index contributed by atoms with van der Waals surface area (Å²) in [5, 5.41) is 3.06. The molecule has 1 saturated heterocycles. The normalized spacial score (nSPS) is 26.7. The molecule has 1 unspecified atom stereocenters. The molecule has 1 aromatic rings. The van der Waals surface area contributed by atoms with Gasteiger partial charge in [-0.15, -0.1) is 0 Å². The van der Waals surface area contributed by atoms with Crippen LogP contribution in [0, 0.1) is 11.8 Å². The molecule has 1 aromatic carbocycles. The summed E-state index contributed by atoms with van der Waals surface area (Å²) in [5.41, 5.74) is 6.57. The first-order valence-electron chi connectivity index (χ1n) is 8.57. The molecule has 3 atom stereocenters. The molecule has 1 aliphatic heterocycles. The van der Waals surface area contributed by atoms with Gasteiger partial charge in [-0.3, -0.25) is 9.59 Å². The van der Waals surface area contributed by atoms with Gasteiger partial charge in [-0.2, -0.15) is 0 Å². The van der Waals surface area contributed by atoms with Crippen LogP contribution in [0.1, 0.15) is 25.7 Å². The van der Waals surface area contributed by atoms with Crippen molar-refractivity contribution in [2.24, 2.45) is 17.6 Å². The molecular weight excluding hydrogens is 306 g/mol. The van der Waals surface area contributed by atoms with Gasteiger partial charge >= 0.3 is 0 Å². The van der Waals surface area contributed by atoms with Gasteiger partial charge in [-0.05, 0) is 37.4 Å². The zero-order chi connectivity index (χ0) is 17.1. The van der Waals surface area contributed by atoms with E-state index in [0.717, 1.165) is 24.9 Å². The molecule has 130 valence electrons. The number of nitrogens with one attached hydrogen (secondary N) is 1. The molecule has 1 aliphatic carbocycles. The predicted octanol–water partition coefficient (Wildman–Crippen LogP) is 1.29. The second-order valence-corrected chi connectivity index (χ2v) is 6.65. The van der Waals surface area contributed by atoms with Gasteiger partial charge in [0.2, 0.25) is 11.8 Å². The van der Waals surface area contributed by atoms with E-state index in [4.69, 9.17) is 10.5 Å². The lowest BCUT2D eigenvalue weighted by Crippen LogP contribution is -2.42. The molecule has 0 bridgehead atoms. The number of nitrogens with two attached hydrogens (primary N) is 1. The summed E-state index contributed by atoms with van der Waals surface area (Å²) in [5.74, 6) is 1.06. The molecule has 2 aliphatic rings. The lowest BCUT2D eigenvalue weighted by atomic mass is 9.95. The molecule has 3 N–H and O–H groups in total. The third kappa shape index (κ3) is 3.38. The fourth-order valence-electron chi connectivity index (χ4n) is 3.80. The highest BCUT2D eigenvalue weighted by Crippen LogP contribution is 2.31. The molecule has 1 heterocycles. The van der Waals surface area contributed by atoms with Gasteiger partial charge in [0.15, 0.2) is 0 Å². The Morgan fingerprint density at radius 1 is 1.42 bits per heavy atom. The summed E-state index contributed by atoms with van der Waals surface area (Å²) in [7, 11) is 1.60. The van der Waals surface area contributed by atoms with E-state index < -0.39 is 0 Å². The van der Waals surface area contributed by atoms with Crippen LogP contribution in [0.4, 0.5) is 5.69 Å². The van der Waals surface area contributed by atoms with E-state index in [1.807, 2.05) is 24.3 Å². The van der Waals surface area contributed by atoms with Crippen molar-refractivity contribution in [1.82, 2.24) is 5.32 Å². The number of hydrogen-bond acceptors (Lipinski definition) is 4. The Hall–Kier alpha value is -2.08. The summed E-state index contributed by atoms with van der Waals surface area (Å²) in [6.07, 6.45) is 3.31. The van der Waals surface area contributed by atoms with E-state index in [1.54, 1.807) is 12.0 Å². The first-order chi connectivity index (χ1) is 11.6. The zero-order valence-electron chi connectivity index (χ0n) is 14.0. The maximum absolute atomic E-state index is 12.5. The third-order valence-corrected chi connectivity index (χ3v) is 5.14. The number of methoxy groups -OCH3 is 1. The SMILES string of the molecule is COc1cccc(N2CC(NC(=O)[C@@H]3CCC[C@@H]3CN)CC2=O)c1. The smallest absolute Gasteiger partial charge is 0.229 e. The summed E-state index contributed by atoms with van der Waals surface area (Å²) in [6, 6.07) is 7.28. The van der Waals surface area contributed by atoms with Gasteiger partial charge in [0.05, 0.1) is 13.2 Å². The average molecular weight is 331 g/mol. The lowest BCUT2D eigenvalue weighted by molar-refractivity contribution is -0.126. The van der Waals surface area contributed by atoms with Crippen LogP contribution < -0.4 is 20.7 Å². The van der Waals surface area contributed by atoms with Crippen LogP contribution in [0.5, 0.6) is 5.75 Å². The monoisotopic (exact) mass is 331 g/mol. The second-order valence-electron chi connectivity index (χ2n) is 6.65. The fraction of sp³-hybridized carbons (Fsp3) is 0.556. The van der Waals surface area contributed by atoms with Gasteiger partial charge in [0.25, 0.3) is 0 Å². The van der Waals surface area contributed by atoms with E-state index in [1.165, 1.54) is 0 Å². The highest BCUT2D eigenvalue weighted by atomic mass is 16.5. The summed E-state index contributed by atoms with van der Waals surface area (Å²) >= 11 is 0. The first-order valence-corrected chi connectivity index (χ1v) is 8.57. The zero-order valence-corrected chi connectivity index (χ0v) is 14.0. The van der Waals surface area contributed by atoms with Crippen LogP contribution in [-0.4, -0.2) is 38.1 Å². The molecule has 0 radical (unpaired) electrons. The largest absolute Gasteiger partial charge is 0.497 e. The Morgan fingerprint density at radius 3 is 3.00 bits per heavy atom. The molecule has 2 amide bonds. The summed E-state index contributed by atoms with van der Waals surface area (Å²) < 4.78 is 5.21. The minimum atomic E-state index is -0.143. The van der Waals surface area contributed by atoms with Crippen LogP contribution in [0.25, 0.3) is 0 Å². The van der Waals surface area contributed by atoms with Crippen LogP contribution in [0.15, 0.2) is 24.3 Å². The van der Waals surface area contributed by atoms with Crippen molar-refractivity contribution < 1.29 is 14.3 Å². The van der Waals surface area contributed by atoms with Gasteiger partial charge in [0.1, 0.15) is 5.75 Å². The highest BCUT2D eigenvalue weighted by Gasteiger charge is 2.36. The van der Waals surface area contributed by atoms with E-state index in [-0.39, 0.29) is 29.7 Å². The number of hydrogen-bond donors (Lipinski definition) is 2. The van der Waals surface area contributed by atoms with Crippen molar-refractivity contribution in [1.29, 1.82) is 0 Å². The summed E-state index contributed by atoms with van der Waals surface area (Å²) in [6.45, 7) is 1.05. The van der Waals surface area contributed by atoms with E-state index in [2.05, 4.69) is 5.32 Å². The molecule has 3 rings (SSSR count). The van der Waals surface area contributed by atoms with Gasteiger partial charge < -0.3 is 20.7 Å². The second kappa shape index (κ2) is 7.21. The van der Waals surface area contributed by atoms with Crippen molar-refractivity contribution in [3.8, 4) is 5.75 Å². The molecule has 1 saturated carbocycles. The number of rotatable bonds is 5. The number of anilines is 1. The van der Waals surface area contributed by atoms with Crippen molar-refractivity contribution in [3.05, 3.63) is 24.3 Å². The Bertz CT molecular complexity index is 619. The lowest BCUT2D eigenvalue weighted by Gasteiger charge is -2.21. The van der Waals surface area contributed by atoms with Gasteiger partial charge in [-0.25, -0.2) is 0 Å². The van der Waals surface area contributed by atoms with Crippen LogP contribution in [-0.2, 0) is 9.59 Å². The Labute approximate surface area is 142 Å². The summed E-state index contributed by atoms with van der Waals surface area (Å²) in [4.78, 5) is 26.5. The average Bonchev–Trinajstić information content (AvgIpc) is 3.21. The molecule has 0 spiro atoms. The Morgan fingerprint density at radius 2 is 2.25 bits per heavy atom. The van der Waals surface area contributed by atoms with E-state index in [9.17, 15) is 9.59 Å². The number of benzene rings is 1. The Kier molecular flexibility index (Phi) is 5.04. The maximum atomic E-state index is 12.5. The van der Waals surface area contributed by atoms with Gasteiger partial charge in [-0.1, -0.05) is 12.5 Å². The highest BCUT2D eigenvalue weighted by molar-refractivity contribution is 5.97. The predicted molar refractivity (Wildman–Crippen MR) is 91.8 cm³/mol. The molecule has 24 heavy (non-hydrogen) atoms. The Balaban J connectivity index is 1.63. The number of nitrogens with zero attached hydrogens (tertiary/aromatic N) is 1. The number of amides is 2. The number of ether oxygens (including phenoxy) is 1. The van der Waals surface area contributed by atoms with Crippen LogP contribution >= 0.6 is 0 Å². The van der Waals surface area contributed by atoms with Crippen molar-refractivity contribution in [3.63, 3.8) is 0 Å². The maximum Gasteiger partial charge on any atom is 0.229 e. The van der Waals surface area contributed by atoms with Gasteiger partial charge in [0, 0.05) is 30.6 Å². The molecule has 6 heteroatoms. The fourth-order valence-corrected chi connectivity index (χ4v) is 3.80. The van der Waals surface area contributed by atoms with Crippen molar-refractivity contribution >= 4 is 17.5 Å². The van der Waals surface area contributed by atoms with Crippen LogP contribution in [0.3, 0.4) is 0 Å². The molecule has 2 fully saturated rings. The molecular formula is C18H25N3O3. The number of carbonyl (C=O) groups excluding carboxylic acids is 2. The first kappa shape index (κ1) is 16.8. The molecule has 6 nitrogen and oxygen atoms in total. The van der Waals surface area contributed by atoms with E-state index >= 15 is 0 Å².